The van der Waals surface area contributed by atoms with Crippen molar-refractivity contribution in [1.82, 2.24) is 19.5 Å². The SMILES string of the molecule is Cc1noc2nc(-c3ccco3)cc(C(=O)Nc3ccc(-c4cn5ccsc5n4)cc3)c12. The van der Waals surface area contributed by atoms with E-state index in [9.17, 15) is 4.79 Å². The summed E-state index contributed by atoms with van der Waals surface area (Å²) in [4.78, 5) is 23.2. The number of nitrogens with one attached hydrogen (secondary N) is 1. The molecule has 0 bridgehead atoms. The van der Waals surface area contributed by atoms with Crippen molar-refractivity contribution in [3.8, 4) is 22.7 Å². The van der Waals surface area contributed by atoms with Crippen LogP contribution < -0.4 is 5.32 Å². The Kier molecular flexibility index (Phi) is 4.15. The summed E-state index contributed by atoms with van der Waals surface area (Å²) in [6.45, 7) is 1.78. The average molecular weight is 441 g/mol. The van der Waals surface area contributed by atoms with Crippen LogP contribution in [0.15, 0.2) is 75.4 Å². The fourth-order valence-corrected chi connectivity index (χ4v) is 4.31. The number of carbonyl (C=O) groups is 1. The smallest absolute Gasteiger partial charge is 0.259 e. The Morgan fingerprint density at radius 3 is 2.78 bits per heavy atom. The number of hydrogen-bond acceptors (Lipinski definition) is 7. The van der Waals surface area contributed by atoms with Gasteiger partial charge in [0.1, 0.15) is 5.69 Å². The largest absolute Gasteiger partial charge is 0.463 e. The average Bonchev–Trinajstić information content (AvgIpc) is 3.58. The molecular formula is C23H15N5O3S. The lowest BCUT2D eigenvalue weighted by Crippen LogP contribution is -2.13. The lowest BCUT2D eigenvalue weighted by Gasteiger charge is -2.08. The summed E-state index contributed by atoms with van der Waals surface area (Å²) in [7, 11) is 0. The Balaban J connectivity index is 1.32. The van der Waals surface area contributed by atoms with E-state index in [1.54, 1.807) is 42.7 Å². The molecule has 0 aliphatic carbocycles. The van der Waals surface area contributed by atoms with Gasteiger partial charge in [0.25, 0.3) is 11.6 Å². The van der Waals surface area contributed by atoms with Crippen molar-refractivity contribution in [2.75, 3.05) is 5.32 Å². The molecule has 9 heteroatoms. The highest BCUT2D eigenvalue weighted by molar-refractivity contribution is 7.15. The van der Waals surface area contributed by atoms with Gasteiger partial charge in [-0.05, 0) is 37.3 Å². The third kappa shape index (κ3) is 3.07. The molecule has 0 unspecified atom stereocenters. The molecule has 6 aromatic rings. The number of amides is 1. The molecule has 32 heavy (non-hydrogen) atoms. The number of nitrogens with zero attached hydrogens (tertiary/aromatic N) is 4. The van der Waals surface area contributed by atoms with Gasteiger partial charge in [-0.1, -0.05) is 17.3 Å². The van der Waals surface area contributed by atoms with Crippen LogP contribution >= 0.6 is 11.3 Å². The molecular weight excluding hydrogens is 426 g/mol. The van der Waals surface area contributed by atoms with Gasteiger partial charge < -0.3 is 14.3 Å². The highest BCUT2D eigenvalue weighted by Gasteiger charge is 2.20. The van der Waals surface area contributed by atoms with E-state index in [1.807, 2.05) is 46.4 Å². The summed E-state index contributed by atoms with van der Waals surface area (Å²) in [5.74, 6) is 0.256. The van der Waals surface area contributed by atoms with E-state index in [-0.39, 0.29) is 11.6 Å². The van der Waals surface area contributed by atoms with Crippen molar-refractivity contribution in [2.24, 2.45) is 0 Å². The summed E-state index contributed by atoms with van der Waals surface area (Å²) < 4.78 is 12.7. The lowest BCUT2D eigenvalue weighted by atomic mass is 10.1. The number of pyridine rings is 1. The number of benzene rings is 1. The van der Waals surface area contributed by atoms with Crippen LogP contribution in [-0.2, 0) is 0 Å². The van der Waals surface area contributed by atoms with Gasteiger partial charge in [0.15, 0.2) is 10.7 Å². The first kappa shape index (κ1) is 18.5. The first-order valence-corrected chi connectivity index (χ1v) is 10.7. The topological polar surface area (TPSA) is 98.5 Å². The molecule has 0 aliphatic heterocycles. The van der Waals surface area contributed by atoms with Gasteiger partial charge in [0.2, 0.25) is 0 Å². The number of rotatable bonds is 4. The van der Waals surface area contributed by atoms with E-state index >= 15 is 0 Å². The molecule has 6 rings (SSSR count). The van der Waals surface area contributed by atoms with Crippen molar-refractivity contribution >= 4 is 39.0 Å². The second-order valence-electron chi connectivity index (χ2n) is 7.23. The Bertz CT molecular complexity index is 1550. The molecule has 5 heterocycles. The quantitative estimate of drug-likeness (QED) is 0.392. The zero-order valence-corrected chi connectivity index (χ0v) is 17.6. The normalized spacial score (nSPS) is 11.4. The molecule has 5 aromatic heterocycles. The number of anilines is 1. The van der Waals surface area contributed by atoms with Gasteiger partial charge in [-0.25, -0.2) is 9.97 Å². The number of aryl methyl sites for hydroxylation is 1. The van der Waals surface area contributed by atoms with Gasteiger partial charge in [-0.3, -0.25) is 9.20 Å². The predicted molar refractivity (Wildman–Crippen MR) is 121 cm³/mol. The number of carbonyl (C=O) groups excluding carboxylic acids is 1. The Hall–Kier alpha value is -4.24. The molecule has 8 nitrogen and oxygen atoms in total. The van der Waals surface area contributed by atoms with E-state index in [2.05, 4.69) is 20.4 Å². The fraction of sp³-hybridized carbons (Fsp3) is 0.0435. The minimum Gasteiger partial charge on any atom is -0.463 e. The maximum absolute atomic E-state index is 13.2. The van der Waals surface area contributed by atoms with Gasteiger partial charge in [-0.15, -0.1) is 11.3 Å². The number of furan rings is 1. The number of fused-ring (bicyclic) bond motifs is 2. The summed E-state index contributed by atoms with van der Waals surface area (Å²) in [6.07, 6.45) is 5.51. The van der Waals surface area contributed by atoms with E-state index < -0.39 is 0 Å². The molecule has 0 saturated carbocycles. The van der Waals surface area contributed by atoms with Crippen LogP contribution in [-0.4, -0.2) is 25.4 Å². The molecule has 1 aromatic carbocycles. The van der Waals surface area contributed by atoms with Crippen molar-refractivity contribution in [2.45, 2.75) is 6.92 Å². The summed E-state index contributed by atoms with van der Waals surface area (Å²) in [5, 5.41) is 9.49. The van der Waals surface area contributed by atoms with E-state index in [0.717, 1.165) is 16.2 Å². The maximum Gasteiger partial charge on any atom is 0.259 e. The number of hydrogen-bond donors (Lipinski definition) is 1. The first-order chi connectivity index (χ1) is 15.7. The minimum atomic E-state index is -0.285. The van der Waals surface area contributed by atoms with Crippen LogP contribution in [0.25, 0.3) is 38.8 Å². The lowest BCUT2D eigenvalue weighted by molar-refractivity contribution is 0.102. The summed E-state index contributed by atoms with van der Waals surface area (Å²) >= 11 is 1.59. The molecule has 0 radical (unpaired) electrons. The Labute approximate surface area is 185 Å². The second kappa shape index (κ2) is 7.17. The minimum absolute atomic E-state index is 0.285. The number of thiazole rings is 1. The van der Waals surface area contributed by atoms with Crippen molar-refractivity contribution in [3.05, 3.63) is 77.8 Å². The zero-order valence-electron chi connectivity index (χ0n) is 16.8. The van der Waals surface area contributed by atoms with Crippen molar-refractivity contribution in [3.63, 3.8) is 0 Å². The molecule has 156 valence electrons. The van der Waals surface area contributed by atoms with Gasteiger partial charge in [0.05, 0.1) is 28.6 Å². The van der Waals surface area contributed by atoms with Crippen LogP contribution in [0.5, 0.6) is 0 Å². The monoisotopic (exact) mass is 441 g/mol. The second-order valence-corrected chi connectivity index (χ2v) is 8.10. The third-order valence-corrected chi connectivity index (χ3v) is 5.94. The Morgan fingerprint density at radius 2 is 2.00 bits per heavy atom. The molecule has 0 atom stereocenters. The van der Waals surface area contributed by atoms with Crippen LogP contribution in [0.4, 0.5) is 5.69 Å². The van der Waals surface area contributed by atoms with Crippen LogP contribution in [0.1, 0.15) is 16.1 Å². The van der Waals surface area contributed by atoms with Crippen molar-refractivity contribution < 1.29 is 13.7 Å². The van der Waals surface area contributed by atoms with Crippen LogP contribution in [0, 0.1) is 6.92 Å². The first-order valence-electron chi connectivity index (χ1n) is 9.80. The van der Waals surface area contributed by atoms with Crippen molar-refractivity contribution in [1.29, 1.82) is 0 Å². The van der Waals surface area contributed by atoms with E-state index in [0.29, 0.717) is 33.8 Å². The molecule has 0 fully saturated rings. The van der Waals surface area contributed by atoms with E-state index in [1.165, 1.54) is 0 Å². The molecule has 0 aliphatic rings. The molecule has 0 spiro atoms. The molecule has 0 saturated heterocycles. The highest BCUT2D eigenvalue weighted by atomic mass is 32.1. The molecule has 1 amide bonds. The number of aromatic nitrogens is 4. The number of imidazole rings is 1. The van der Waals surface area contributed by atoms with Gasteiger partial charge in [0, 0.05) is 29.0 Å². The van der Waals surface area contributed by atoms with Gasteiger partial charge >= 0.3 is 0 Å². The maximum atomic E-state index is 13.2. The molecule has 1 N–H and O–H groups in total. The highest BCUT2D eigenvalue weighted by Crippen LogP contribution is 2.28. The van der Waals surface area contributed by atoms with Crippen LogP contribution in [0.3, 0.4) is 0 Å². The summed E-state index contributed by atoms with van der Waals surface area (Å²) in [5.41, 5.74) is 4.32. The van der Waals surface area contributed by atoms with Gasteiger partial charge in [-0.2, -0.15) is 0 Å². The third-order valence-electron chi connectivity index (χ3n) is 5.17. The van der Waals surface area contributed by atoms with Crippen LogP contribution in [0.2, 0.25) is 0 Å². The predicted octanol–water partition coefficient (Wildman–Crippen LogP) is 5.42. The fourth-order valence-electron chi connectivity index (χ4n) is 3.61. The summed E-state index contributed by atoms with van der Waals surface area (Å²) in [6, 6.07) is 12.8. The Morgan fingerprint density at radius 1 is 1.12 bits per heavy atom. The zero-order chi connectivity index (χ0) is 21.7. The van der Waals surface area contributed by atoms with E-state index in [4.69, 9.17) is 8.94 Å². The standard InChI is InChI=1S/C23H15N5O3S/c1-13-20-16(11-17(19-3-2-9-30-19)25-22(20)31-27-13)21(29)24-15-6-4-14(5-7-15)18-12-28-8-10-32-23(28)26-18/h2-12H,1H3,(H,24,29).